The highest BCUT2D eigenvalue weighted by Crippen LogP contribution is 2.22. The van der Waals surface area contributed by atoms with Crippen LogP contribution in [0.2, 0.25) is 0 Å². The lowest BCUT2D eigenvalue weighted by Crippen LogP contribution is -2.48. The largest absolute Gasteiger partial charge is 0.307 e. The summed E-state index contributed by atoms with van der Waals surface area (Å²) in [5.74, 6) is 0.625. The third-order valence-electron chi connectivity index (χ3n) is 5.22. The molecule has 5 nitrogen and oxygen atoms in total. The summed E-state index contributed by atoms with van der Waals surface area (Å²) >= 11 is 0. The van der Waals surface area contributed by atoms with Crippen molar-refractivity contribution < 1.29 is 0 Å². The summed E-state index contributed by atoms with van der Waals surface area (Å²) in [5.41, 5.74) is 2.44. The van der Waals surface area contributed by atoms with Gasteiger partial charge in [-0.05, 0) is 45.2 Å². The van der Waals surface area contributed by atoms with Crippen LogP contribution in [0.5, 0.6) is 0 Å². The third-order valence-corrected chi connectivity index (χ3v) is 5.22. The molecule has 1 aliphatic rings. The maximum absolute atomic E-state index is 4.47. The molecule has 0 spiro atoms. The first-order chi connectivity index (χ1) is 12.0. The van der Waals surface area contributed by atoms with Gasteiger partial charge in [-0.2, -0.15) is 5.10 Å². The predicted octanol–water partition coefficient (Wildman–Crippen LogP) is 3.42. The maximum atomic E-state index is 4.47. The van der Waals surface area contributed by atoms with Gasteiger partial charge in [0.25, 0.3) is 0 Å². The van der Waals surface area contributed by atoms with Gasteiger partial charge in [0.15, 0.2) is 0 Å². The van der Waals surface area contributed by atoms with E-state index in [-0.39, 0.29) is 0 Å². The summed E-state index contributed by atoms with van der Waals surface area (Å²) in [4.78, 5) is 6.98. The first-order valence-electron chi connectivity index (χ1n) is 9.45. The fraction of sp³-hybridized carbons (Fsp3) is 0.600. The normalized spacial score (nSPS) is 23.1. The van der Waals surface area contributed by atoms with Gasteiger partial charge in [0.2, 0.25) is 0 Å². The third kappa shape index (κ3) is 4.67. The van der Waals surface area contributed by atoms with E-state index in [9.17, 15) is 0 Å². The molecular weight excluding hydrogens is 310 g/mol. The van der Waals surface area contributed by atoms with E-state index in [0.29, 0.717) is 24.0 Å². The summed E-state index contributed by atoms with van der Waals surface area (Å²) in [6.45, 7) is 12.1. The van der Waals surface area contributed by atoms with E-state index in [1.54, 1.807) is 0 Å². The van der Waals surface area contributed by atoms with Gasteiger partial charge in [0, 0.05) is 55.7 Å². The Hall–Kier alpha value is -1.72. The van der Waals surface area contributed by atoms with Crippen molar-refractivity contribution in [3.8, 4) is 0 Å². The van der Waals surface area contributed by atoms with Crippen LogP contribution in [0.1, 0.15) is 57.5 Å². The van der Waals surface area contributed by atoms with Crippen molar-refractivity contribution in [1.29, 1.82) is 0 Å². The molecule has 0 radical (unpaired) electrons. The SMILES string of the molecule is CC(NC1CCN(Cc2ccccn2)CC1C)c1cnn(C(C)C)c1. The first kappa shape index (κ1) is 18.1. The molecule has 136 valence electrons. The van der Waals surface area contributed by atoms with Crippen LogP contribution in [0.4, 0.5) is 0 Å². The van der Waals surface area contributed by atoms with E-state index >= 15 is 0 Å². The van der Waals surface area contributed by atoms with Crippen molar-refractivity contribution in [2.45, 2.75) is 58.8 Å². The van der Waals surface area contributed by atoms with Crippen molar-refractivity contribution in [1.82, 2.24) is 25.0 Å². The van der Waals surface area contributed by atoms with Crippen LogP contribution in [0.3, 0.4) is 0 Å². The van der Waals surface area contributed by atoms with Crippen molar-refractivity contribution in [3.05, 3.63) is 48.0 Å². The minimum Gasteiger partial charge on any atom is -0.307 e. The van der Waals surface area contributed by atoms with Crippen LogP contribution in [-0.4, -0.2) is 38.8 Å². The zero-order chi connectivity index (χ0) is 17.8. The lowest BCUT2D eigenvalue weighted by atomic mass is 9.92. The standard InChI is InChI=1S/C20H31N5/c1-15(2)25-13-18(11-22-25)17(4)23-20-8-10-24(12-16(20)3)14-19-7-5-6-9-21-19/h5-7,9,11,13,15-17,20,23H,8,10,12,14H2,1-4H3. The zero-order valence-corrected chi connectivity index (χ0v) is 15.9. The average molecular weight is 342 g/mol. The summed E-state index contributed by atoms with van der Waals surface area (Å²) in [6.07, 6.45) is 7.23. The van der Waals surface area contributed by atoms with Crippen LogP contribution in [-0.2, 0) is 6.54 Å². The Morgan fingerprint density at radius 1 is 1.28 bits per heavy atom. The van der Waals surface area contributed by atoms with E-state index < -0.39 is 0 Å². The van der Waals surface area contributed by atoms with E-state index in [0.717, 1.165) is 25.3 Å². The van der Waals surface area contributed by atoms with Crippen LogP contribution >= 0.6 is 0 Å². The summed E-state index contributed by atoms with van der Waals surface area (Å²) < 4.78 is 2.03. The Labute approximate surface area is 151 Å². The number of pyridine rings is 1. The molecular formula is C20H31N5. The second-order valence-electron chi connectivity index (χ2n) is 7.66. The maximum Gasteiger partial charge on any atom is 0.0543 e. The van der Waals surface area contributed by atoms with Gasteiger partial charge < -0.3 is 5.32 Å². The molecule has 0 saturated carbocycles. The highest BCUT2D eigenvalue weighted by Gasteiger charge is 2.27. The number of nitrogens with zero attached hydrogens (tertiary/aromatic N) is 4. The van der Waals surface area contributed by atoms with Crippen molar-refractivity contribution in [2.24, 2.45) is 5.92 Å². The van der Waals surface area contributed by atoms with Gasteiger partial charge in [-0.1, -0.05) is 13.0 Å². The lowest BCUT2D eigenvalue weighted by molar-refractivity contribution is 0.134. The number of rotatable bonds is 6. The second-order valence-corrected chi connectivity index (χ2v) is 7.66. The van der Waals surface area contributed by atoms with Gasteiger partial charge in [-0.25, -0.2) is 0 Å². The Bertz CT molecular complexity index is 651. The Morgan fingerprint density at radius 2 is 2.12 bits per heavy atom. The zero-order valence-electron chi connectivity index (χ0n) is 15.9. The van der Waals surface area contributed by atoms with Gasteiger partial charge in [0.05, 0.1) is 11.9 Å². The van der Waals surface area contributed by atoms with Gasteiger partial charge in [0.1, 0.15) is 0 Å². The number of hydrogen-bond acceptors (Lipinski definition) is 4. The van der Waals surface area contributed by atoms with Crippen molar-refractivity contribution in [2.75, 3.05) is 13.1 Å². The van der Waals surface area contributed by atoms with Crippen LogP contribution in [0.15, 0.2) is 36.8 Å². The number of likely N-dealkylation sites (tertiary alicyclic amines) is 1. The fourth-order valence-electron chi connectivity index (χ4n) is 3.62. The van der Waals surface area contributed by atoms with Gasteiger partial charge in [-0.3, -0.25) is 14.6 Å². The van der Waals surface area contributed by atoms with Crippen LogP contribution in [0, 0.1) is 5.92 Å². The van der Waals surface area contributed by atoms with Gasteiger partial charge >= 0.3 is 0 Å². The molecule has 0 aliphatic carbocycles. The minimum atomic E-state index is 0.335. The molecule has 2 aromatic rings. The van der Waals surface area contributed by atoms with Crippen molar-refractivity contribution in [3.63, 3.8) is 0 Å². The van der Waals surface area contributed by atoms with E-state index in [4.69, 9.17) is 0 Å². The lowest BCUT2D eigenvalue weighted by Gasteiger charge is -2.38. The number of nitrogens with one attached hydrogen (secondary N) is 1. The Morgan fingerprint density at radius 3 is 2.76 bits per heavy atom. The highest BCUT2D eigenvalue weighted by atomic mass is 15.3. The monoisotopic (exact) mass is 341 g/mol. The number of hydrogen-bond donors (Lipinski definition) is 1. The smallest absolute Gasteiger partial charge is 0.0543 e. The summed E-state index contributed by atoms with van der Waals surface area (Å²) in [6, 6.07) is 7.46. The molecule has 25 heavy (non-hydrogen) atoms. The van der Waals surface area contributed by atoms with E-state index in [1.165, 1.54) is 12.0 Å². The van der Waals surface area contributed by atoms with Gasteiger partial charge in [-0.15, -0.1) is 0 Å². The van der Waals surface area contributed by atoms with E-state index in [1.807, 2.05) is 23.1 Å². The molecule has 0 aromatic carbocycles. The molecule has 0 amide bonds. The molecule has 1 fully saturated rings. The molecule has 5 heteroatoms. The Kier molecular flexibility index (Phi) is 5.86. The molecule has 1 aliphatic heterocycles. The van der Waals surface area contributed by atoms with Crippen LogP contribution < -0.4 is 5.32 Å². The first-order valence-corrected chi connectivity index (χ1v) is 9.45. The number of piperidine rings is 1. The Balaban J connectivity index is 1.52. The molecule has 3 rings (SSSR count). The van der Waals surface area contributed by atoms with Crippen LogP contribution in [0.25, 0.3) is 0 Å². The molecule has 0 bridgehead atoms. The summed E-state index contributed by atoms with van der Waals surface area (Å²) in [7, 11) is 0. The quantitative estimate of drug-likeness (QED) is 0.874. The molecule has 1 N–H and O–H groups in total. The molecule has 3 heterocycles. The number of aromatic nitrogens is 3. The molecule has 3 atom stereocenters. The average Bonchev–Trinajstić information content (AvgIpc) is 3.09. The minimum absolute atomic E-state index is 0.335. The highest BCUT2D eigenvalue weighted by molar-refractivity contribution is 5.10. The molecule has 1 saturated heterocycles. The molecule has 2 aromatic heterocycles. The summed E-state index contributed by atoms with van der Waals surface area (Å²) in [5, 5.41) is 8.30. The fourth-order valence-corrected chi connectivity index (χ4v) is 3.62. The van der Waals surface area contributed by atoms with Crippen molar-refractivity contribution >= 4 is 0 Å². The molecule has 3 unspecified atom stereocenters. The topological polar surface area (TPSA) is 46.0 Å². The van der Waals surface area contributed by atoms with E-state index in [2.05, 4.69) is 66.3 Å². The second kappa shape index (κ2) is 8.11. The predicted molar refractivity (Wildman–Crippen MR) is 101 cm³/mol.